The van der Waals surface area contributed by atoms with Crippen LogP contribution >= 0.6 is 0 Å². The predicted molar refractivity (Wildman–Crippen MR) is 74.9 cm³/mol. The second kappa shape index (κ2) is 5.29. The Morgan fingerprint density at radius 2 is 1.94 bits per heavy atom. The maximum Gasteiger partial charge on any atom is 0.0470 e. The van der Waals surface area contributed by atoms with Crippen LogP contribution in [-0.4, -0.2) is 17.5 Å². The van der Waals surface area contributed by atoms with Gasteiger partial charge in [0.25, 0.3) is 0 Å². The molecule has 1 atom stereocenters. The molecule has 1 nitrogen and oxygen atoms in total. The first-order valence-corrected chi connectivity index (χ1v) is 7.19. The van der Waals surface area contributed by atoms with Crippen molar-refractivity contribution in [3.05, 3.63) is 23.9 Å². The van der Waals surface area contributed by atoms with Crippen LogP contribution in [0, 0.1) is 5.41 Å². The highest BCUT2D eigenvalue weighted by Gasteiger charge is 2.20. The summed E-state index contributed by atoms with van der Waals surface area (Å²) in [5.41, 5.74) is 1.90. The Morgan fingerprint density at radius 1 is 1.18 bits per heavy atom. The van der Waals surface area contributed by atoms with Gasteiger partial charge in [-0.3, -0.25) is 0 Å². The lowest BCUT2D eigenvalue weighted by Crippen LogP contribution is -2.33. The minimum absolute atomic E-state index is 0.395. The summed E-state index contributed by atoms with van der Waals surface area (Å²) in [5, 5.41) is 0. The van der Waals surface area contributed by atoms with Crippen LogP contribution in [0.2, 0.25) is 0 Å². The highest BCUT2D eigenvalue weighted by molar-refractivity contribution is 5.25. The van der Waals surface area contributed by atoms with E-state index in [4.69, 9.17) is 0 Å². The number of rotatable bonds is 1. The van der Waals surface area contributed by atoms with E-state index in [1.165, 1.54) is 50.6 Å². The number of nitrogens with zero attached hydrogens (tertiary/aromatic N) is 1. The fraction of sp³-hybridized carbons (Fsp3) is 0.750. The third kappa shape index (κ3) is 3.90. The van der Waals surface area contributed by atoms with Crippen LogP contribution in [0.5, 0.6) is 0 Å². The lowest BCUT2D eigenvalue weighted by Gasteiger charge is -2.35. The van der Waals surface area contributed by atoms with Gasteiger partial charge in [-0.05, 0) is 30.3 Å². The highest BCUT2D eigenvalue weighted by atomic mass is 15.1. The molecule has 0 aromatic carbocycles. The molecule has 1 fully saturated rings. The zero-order valence-corrected chi connectivity index (χ0v) is 11.7. The monoisotopic (exact) mass is 233 g/mol. The third-order valence-corrected chi connectivity index (χ3v) is 3.69. The van der Waals surface area contributed by atoms with Gasteiger partial charge in [-0.1, -0.05) is 52.2 Å². The van der Waals surface area contributed by atoms with Crippen LogP contribution in [0.4, 0.5) is 0 Å². The van der Waals surface area contributed by atoms with Crippen molar-refractivity contribution in [1.29, 1.82) is 0 Å². The number of allylic oxidation sites excluding steroid dienone is 2. The van der Waals surface area contributed by atoms with Crippen molar-refractivity contribution in [2.75, 3.05) is 6.54 Å². The van der Waals surface area contributed by atoms with E-state index in [0.29, 0.717) is 11.5 Å². The Kier molecular flexibility index (Phi) is 3.96. The molecule has 1 unspecified atom stereocenters. The molecule has 0 amide bonds. The van der Waals surface area contributed by atoms with Crippen LogP contribution < -0.4 is 0 Å². The van der Waals surface area contributed by atoms with Crippen molar-refractivity contribution in [2.24, 2.45) is 5.41 Å². The first-order chi connectivity index (χ1) is 8.04. The van der Waals surface area contributed by atoms with Crippen LogP contribution in [0.1, 0.15) is 59.3 Å². The van der Waals surface area contributed by atoms with E-state index >= 15 is 0 Å². The molecule has 0 aromatic rings. The SMILES string of the molecule is CC(C)(C)CC1=CN2CCCCCCC2C=C1. The fourth-order valence-corrected chi connectivity index (χ4v) is 2.91. The zero-order chi connectivity index (χ0) is 12.3. The Morgan fingerprint density at radius 3 is 2.71 bits per heavy atom. The lowest BCUT2D eigenvalue weighted by atomic mass is 9.86. The summed E-state index contributed by atoms with van der Waals surface area (Å²) in [6.07, 6.45) is 15.4. The maximum absolute atomic E-state index is 2.58. The summed E-state index contributed by atoms with van der Waals surface area (Å²) in [6, 6.07) is 0.680. The Labute approximate surface area is 107 Å². The summed E-state index contributed by atoms with van der Waals surface area (Å²) in [7, 11) is 0. The molecule has 2 rings (SSSR count). The van der Waals surface area contributed by atoms with Crippen molar-refractivity contribution in [3.63, 3.8) is 0 Å². The molecule has 1 heteroatoms. The number of fused-ring (bicyclic) bond motifs is 1. The van der Waals surface area contributed by atoms with Crippen molar-refractivity contribution >= 4 is 0 Å². The van der Waals surface area contributed by atoms with Gasteiger partial charge in [-0.25, -0.2) is 0 Å². The van der Waals surface area contributed by atoms with Crippen LogP contribution in [0.25, 0.3) is 0 Å². The zero-order valence-electron chi connectivity index (χ0n) is 11.7. The normalized spacial score (nSPS) is 25.9. The molecule has 0 saturated carbocycles. The molecular weight excluding hydrogens is 206 g/mol. The first-order valence-electron chi connectivity index (χ1n) is 7.19. The molecule has 17 heavy (non-hydrogen) atoms. The predicted octanol–water partition coefficient (Wildman–Crippen LogP) is 4.51. The van der Waals surface area contributed by atoms with Gasteiger partial charge < -0.3 is 4.90 Å². The van der Waals surface area contributed by atoms with Crippen molar-refractivity contribution in [1.82, 2.24) is 4.90 Å². The molecule has 0 radical (unpaired) electrons. The average Bonchev–Trinajstić information content (AvgIpc) is 2.18. The average molecular weight is 233 g/mol. The number of hydrogen-bond donors (Lipinski definition) is 0. The summed E-state index contributed by atoms with van der Waals surface area (Å²) < 4.78 is 0. The van der Waals surface area contributed by atoms with Crippen molar-refractivity contribution in [3.8, 4) is 0 Å². The van der Waals surface area contributed by atoms with Gasteiger partial charge in [0.05, 0.1) is 0 Å². The summed E-state index contributed by atoms with van der Waals surface area (Å²) in [4.78, 5) is 2.58. The molecule has 0 aliphatic carbocycles. The molecular formula is C16H27N. The van der Waals surface area contributed by atoms with Crippen molar-refractivity contribution < 1.29 is 0 Å². The highest BCUT2D eigenvalue weighted by Crippen LogP contribution is 2.29. The van der Waals surface area contributed by atoms with Crippen molar-refractivity contribution in [2.45, 2.75) is 65.3 Å². The Balaban J connectivity index is 2.02. The van der Waals surface area contributed by atoms with E-state index in [1.54, 1.807) is 0 Å². The number of hydrogen-bond acceptors (Lipinski definition) is 1. The van der Waals surface area contributed by atoms with Gasteiger partial charge in [0, 0.05) is 18.8 Å². The van der Waals surface area contributed by atoms with E-state index in [0.717, 1.165) is 0 Å². The van der Waals surface area contributed by atoms with Gasteiger partial charge in [-0.15, -0.1) is 0 Å². The molecule has 96 valence electrons. The molecule has 0 aromatic heterocycles. The van der Waals surface area contributed by atoms with Gasteiger partial charge in [0.1, 0.15) is 0 Å². The summed E-state index contributed by atoms with van der Waals surface area (Å²) in [6.45, 7) is 8.21. The van der Waals surface area contributed by atoms with Crippen LogP contribution in [0.3, 0.4) is 0 Å². The molecule has 2 aliphatic heterocycles. The summed E-state index contributed by atoms with van der Waals surface area (Å²) >= 11 is 0. The van der Waals surface area contributed by atoms with Crippen LogP contribution in [-0.2, 0) is 0 Å². The fourth-order valence-electron chi connectivity index (χ4n) is 2.91. The summed E-state index contributed by atoms with van der Waals surface area (Å²) in [5.74, 6) is 0. The Bertz CT molecular complexity index is 306. The molecule has 0 bridgehead atoms. The second-order valence-electron chi connectivity index (χ2n) is 6.81. The standard InChI is InChI=1S/C16H27N/c1-16(2,3)12-14-9-10-15-8-6-4-5-7-11-17(15)13-14/h9-10,13,15H,4-8,11-12H2,1-3H3. The molecule has 0 N–H and O–H groups in total. The minimum Gasteiger partial charge on any atom is -0.371 e. The van der Waals surface area contributed by atoms with Crippen LogP contribution in [0.15, 0.2) is 23.9 Å². The molecule has 1 saturated heterocycles. The quantitative estimate of drug-likeness (QED) is 0.644. The van der Waals surface area contributed by atoms with Gasteiger partial charge in [-0.2, -0.15) is 0 Å². The topological polar surface area (TPSA) is 3.24 Å². The van der Waals surface area contributed by atoms with E-state index in [9.17, 15) is 0 Å². The molecule has 2 heterocycles. The first kappa shape index (κ1) is 12.7. The second-order valence-corrected chi connectivity index (χ2v) is 6.81. The molecule has 0 spiro atoms. The van der Waals surface area contributed by atoms with Gasteiger partial charge >= 0.3 is 0 Å². The molecule has 2 aliphatic rings. The Hall–Kier alpha value is -0.720. The van der Waals surface area contributed by atoms with Gasteiger partial charge in [0.15, 0.2) is 0 Å². The maximum atomic E-state index is 2.58. The minimum atomic E-state index is 0.395. The lowest BCUT2D eigenvalue weighted by molar-refractivity contribution is 0.266. The van der Waals surface area contributed by atoms with E-state index in [2.05, 4.69) is 44.0 Å². The van der Waals surface area contributed by atoms with E-state index in [1.807, 2.05) is 0 Å². The smallest absolute Gasteiger partial charge is 0.0470 e. The third-order valence-electron chi connectivity index (χ3n) is 3.69. The van der Waals surface area contributed by atoms with E-state index < -0.39 is 0 Å². The van der Waals surface area contributed by atoms with Gasteiger partial charge in [0.2, 0.25) is 0 Å². The largest absolute Gasteiger partial charge is 0.371 e. The van der Waals surface area contributed by atoms with E-state index in [-0.39, 0.29) is 0 Å².